The predicted octanol–water partition coefficient (Wildman–Crippen LogP) is 2.58. The largest absolute Gasteiger partial charge is 0.478 e. The molecule has 2 N–H and O–H groups in total. The third kappa shape index (κ3) is 3.19. The number of aromatic carboxylic acids is 1. The van der Waals surface area contributed by atoms with E-state index in [0.29, 0.717) is 5.69 Å². The number of rotatable bonds is 3. The van der Waals surface area contributed by atoms with E-state index in [9.17, 15) is 9.59 Å². The molecule has 0 unspecified atom stereocenters. The van der Waals surface area contributed by atoms with Crippen LogP contribution in [0.1, 0.15) is 24.2 Å². The Morgan fingerprint density at radius 3 is 2.50 bits per heavy atom. The molecule has 0 aliphatic rings. The van der Waals surface area contributed by atoms with Crippen LogP contribution in [-0.4, -0.2) is 17.0 Å². The summed E-state index contributed by atoms with van der Waals surface area (Å²) in [5, 5.41) is 11.6. The van der Waals surface area contributed by atoms with Gasteiger partial charge in [-0.2, -0.15) is 0 Å². The van der Waals surface area contributed by atoms with Gasteiger partial charge in [-0.3, -0.25) is 4.79 Å². The summed E-state index contributed by atoms with van der Waals surface area (Å²) in [5.74, 6) is -1.41. The second-order valence-electron chi connectivity index (χ2n) is 3.64. The van der Waals surface area contributed by atoms with Crippen LogP contribution in [0.4, 0.5) is 5.69 Å². The predicted molar refractivity (Wildman–Crippen MR) is 69.6 cm³/mol. The minimum atomic E-state index is -1.04. The molecule has 0 saturated carbocycles. The van der Waals surface area contributed by atoms with Crippen molar-refractivity contribution in [2.75, 3.05) is 5.32 Å². The summed E-state index contributed by atoms with van der Waals surface area (Å²) < 4.78 is 0.817. The van der Waals surface area contributed by atoms with Crippen LogP contribution in [-0.2, 0) is 4.79 Å². The topological polar surface area (TPSA) is 66.4 Å². The van der Waals surface area contributed by atoms with E-state index in [0.717, 1.165) is 3.57 Å². The number of carboxylic acid groups (broad SMARTS) is 1. The van der Waals surface area contributed by atoms with Gasteiger partial charge in [-0.05, 0) is 40.8 Å². The minimum Gasteiger partial charge on any atom is -0.478 e. The third-order valence-electron chi connectivity index (χ3n) is 1.99. The Bertz CT molecular complexity index is 429. The summed E-state index contributed by atoms with van der Waals surface area (Å²) in [7, 11) is 0. The monoisotopic (exact) mass is 333 g/mol. The summed E-state index contributed by atoms with van der Waals surface area (Å²) in [6.07, 6.45) is 0. The molecule has 0 heterocycles. The van der Waals surface area contributed by atoms with Crippen LogP contribution in [0.25, 0.3) is 0 Å². The van der Waals surface area contributed by atoms with Gasteiger partial charge in [-0.15, -0.1) is 0 Å². The summed E-state index contributed by atoms with van der Waals surface area (Å²) in [6.45, 7) is 3.50. The second kappa shape index (κ2) is 5.29. The number of carboxylic acids is 1. The molecule has 0 aliphatic heterocycles. The van der Waals surface area contributed by atoms with Crippen LogP contribution < -0.4 is 5.32 Å². The highest BCUT2D eigenvalue weighted by molar-refractivity contribution is 14.1. The van der Waals surface area contributed by atoms with Crippen LogP contribution >= 0.6 is 22.6 Å². The lowest BCUT2D eigenvalue weighted by Crippen LogP contribution is -2.19. The van der Waals surface area contributed by atoms with Crippen molar-refractivity contribution in [1.29, 1.82) is 0 Å². The Balaban J connectivity index is 3.04. The van der Waals surface area contributed by atoms with Crippen LogP contribution in [0, 0.1) is 9.49 Å². The molecule has 5 heteroatoms. The van der Waals surface area contributed by atoms with Crippen molar-refractivity contribution in [2.45, 2.75) is 13.8 Å². The molecule has 0 aromatic heterocycles. The number of hydrogen-bond acceptors (Lipinski definition) is 2. The fourth-order valence-corrected chi connectivity index (χ4v) is 1.57. The third-order valence-corrected chi connectivity index (χ3v) is 2.67. The average Bonchev–Trinajstić information content (AvgIpc) is 2.20. The highest BCUT2D eigenvalue weighted by atomic mass is 127. The van der Waals surface area contributed by atoms with Crippen LogP contribution in [0.2, 0.25) is 0 Å². The summed E-state index contributed by atoms with van der Waals surface area (Å²) in [4.78, 5) is 22.4. The Morgan fingerprint density at radius 2 is 2.00 bits per heavy atom. The maximum Gasteiger partial charge on any atom is 0.337 e. The first-order valence-corrected chi connectivity index (χ1v) is 5.83. The van der Waals surface area contributed by atoms with E-state index in [-0.39, 0.29) is 17.4 Å². The van der Waals surface area contributed by atoms with E-state index in [1.54, 1.807) is 26.0 Å². The first-order chi connectivity index (χ1) is 7.41. The zero-order chi connectivity index (χ0) is 12.3. The van der Waals surface area contributed by atoms with Gasteiger partial charge in [0.2, 0.25) is 5.91 Å². The SMILES string of the molecule is CC(C)C(=O)Nc1ccc(I)cc1C(=O)O. The lowest BCUT2D eigenvalue weighted by Gasteiger charge is -2.10. The Hall–Kier alpha value is -1.11. The van der Waals surface area contributed by atoms with Crippen LogP contribution in [0.15, 0.2) is 18.2 Å². The number of benzene rings is 1. The molecule has 0 atom stereocenters. The van der Waals surface area contributed by atoms with E-state index in [4.69, 9.17) is 5.11 Å². The second-order valence-corrected chi connectivity index (χ2v) is 4.88. The molecular weight excluding hydrogens is 321 g/mol. The summed E-state index contributed by atoms with van der Waals surface area (Å²) >= 11 is 2.03. The number of hydrogen-bond donors (Lipinski definition) is 2. The molecule has 0 radical (unpaired) electrons. The Morgan fingerprint density at radius 1 is 1.38 bits per heavy atom. The maximum absolute atomic E-state index is 11.5. The van der Waals surface area contributed by atoms with Gasteiger partial charge in [0.15, 0.2) is 0 Å². The molecular formula is C11H12INO3. The fraction of sp³-hybridized carbons (Fsp3) is 0.273. The number of halogens is 1. The highest BCUT2D eigenvalue weighted by Crippen LogP contribution is 2.19. The zero-order valence-corrected chi connectivity index (χ0v) is 11.1. The standard InChI is InChI=1S/C11H12INO3/c1-6(2)10(14)13-9-4-3-7(12)5-8(9)11(15)16/h3-6H,1-2H3,(H,13,14)(H,15,16). The maximum atomic E-state index is 11.5. The zero-order valence-electron chi connectivity index (χ0n) is 8.95. The molecule has 1 aromatic rings. The van der Waals surface area contributed by atoms with Gasteiger partial charge in [-0.1, -0.05) is 13.8 Å². The number of amides is 1. The van der Waals surface area contributed by atoms with E-state index < -0.39 is 5.97 Å². The van der Waals surface area contributed by atoms with Crippen LogP contribution in [0.5, 0.6) is 0 Å². The summed E-state index contributed by atoms with van der Waals surface area (Å²) in [5.41, 5.74) is 0.451. The van der Waals surface area contributed by atoms with Gasteiger partial charge in [0.05, 0.1) is 11.3 Å². The first kappa shape index (κ1) is 13.0. The van der Waals surface area contributed by atoms with Gasteiger partial charge in [0.1, 0.15) is 0 Å². The molecule has 4 nitrogen and oxygen atoms in total. The van der Waals surface area contributed by atoms with Crippen molar-refractivity contribution in [3.8, 4) is 0 Å². The summed E-state index contributed by atoms with van der Waals surface area (Å²) in [6, 6.07) is 4.88. The molecule has 1 aromatic carbocycles. The molecule has 0 fully saturated rings. The number of carbonyl (C=O) groups excluding carboxylic acids is 1. The average molecular weight is 333 g/mol. The quantitative estimate of drug-likeness (QED) is 0.836. The van der Waals surface area contributed by atoms with E-state index in [1.165, 1.54) is 6.07 Å². The van der Waals surface area contributed by atoms with Gasteiger partial charge in [0, 0.05) is 9.49 Å². The van der Waals surface area contributed by atoms with E-state index in [2.05, 4.69) is 5.32 Å². The van der Waals surface area contributed by atoms with Gasteiger partial charge in [-0.25, -0.2) is 4.79 Å². The van der Waals surface area contributed by atoms with Crippen molar-refractivity contribution >= 4 is 40.2 Å². The molecule has 0 spiro atoms. The normalized spacial score (nSPS) is 10.2. The van der Waals surface area contributed by atoms with E-state index >= 15 is 0 Å². The minimum absolute atomic E-state index is 0.112. The van der Waals surface area contributed by atoms with Crippen LogP contribution in [0.3, 0.4) is 0 Å². The molecule has 1 rings (SSSR count). The molecule has 1 amide bonds. The molecule has 0 aliphatic carbocycles. The molecule has 16 heavy (non-hydrogen) atoms. The smallest absolute Gasteiger partial charge is 0.337 e. The Kier molecular flexibility index (Phi) is 4.28. The highest BCUT2D eigenvalue weighted by Gasteiger charge is 2.14. The first-order valence-electron chi connectivity index (χ1n) is 4.75. The van der Waals surface area contributed by atoms with Crippen molar-refractivity contribution in [3.05, 3.63) is 27.3 Å². The Labute approximate surface area is 107 Å². The van der Waals surface area contributed by atoms with E-state index in [1.807, 2.05) is 22.6 Å². The molecule has 0 bridgehead atoms. The van der Waals surface area contributed by atoms with Gasteiger partial charge in [0.25, 0.3) is 0 Å². The molecule has 0 saturated heterocycles. The number of carbonyl (C=O) groups is 2. The van der Waals surface area contributed by atoms with Gasteiger partial charge < -0.3 is 10.4 Å². The van der Waals surface area contributed by atoms with Crippen molar-refractivity contribution in [2.24, 2.45) is 5.92 Å². The number of anilines is 1. The molecule has 86 valence electrons. The number of nitrogens with one attached hydrogen (secondary N) is 1. The van der Waals surface area contributed by atoms with Gasteiger partial charge >= 0.3 is 5.97 Å². The lowest BCUT2D eigenvalue weighted by molar-refractivity contribution is -0.118. The van der Waals surface area contributed by atoms with Crippen molar-refractivity contribution in [3.63, 3.8) is 0 Å². The fourth-order valence-electron chi connectivity index (χ4n) is 1.08. The van der Waals surface area contributed by atoms with Crippen molar-refractivity contribution < 1.29 is 14.7 Å². The lowest BCUT2D eigenvalue weighted by atomic mass is 10.1. The van der Waals surface area contributed by atoms with Crippen molar-refractivity contribution in [1.82, 2.24) is 0 Å².